The number of hydrogen-bond acceptors (Lipinski definition) is 3. The van der Waals surface area contributed by atoms with Gasteiger partial charge >= 0.3 is 6.18 Å². The highest BCUT2D eigenvalue weighted by Gasteiger charge is 2.41. The van der Waals surface area contributed by atoms with Gasteiger partial charge in [-0.25, -0.2) is 0 Å². The number of hydrogen-bond donors (Lipinski definition) is 1. The van der Waals surface area contributed by atoms with Gasteiger partial charge in [-0.15, -0.1) is 0 Å². The van der Waals surface area contributed by atoms with Gasteiger partial charge in [0, 0.05) is 23.8 Å². The molecule has 2 aromatic rings. The van der Waals surface area contributed by atoms with Gasteiger partial charge in [0.15, 0.2) is 0 Å². The standard InChI is InChI=1S/C17H16F3NOS/c18-17(19,20)11-3-4-14-13(8-11)16-12(2-1-6-22-16)15(21-14)10-5-7-23-9-10/h3-5,7-9,12,15-16,21H,1-2,6H2/t12-,15-,16-/m1/s1. The molecule has 2 aliphatic rings. The minimum absolute atomic E-state index is 0.0933. The zero-order valence-electron chi connectivity index (χ0n) is 12.3. The van der Waals surface area contributed by atoms with Gasteiger partial charge in [0.1, 0.15) is 0 Å². The van der Waals surface area contributed by atoms with E-state index < -0.39 is 11.7 Å². The lowest BCUT2D eigenvalue weighted by molar-refractivity contribution is -0.137. The quantitative estimate of drug-likeness (QED) is 0.751. The fourth-order valence-electron chi connectivity index (χ4n) is 3.63. The number of thiophene rings is 1. The molecule has 0 radical (unpaired) electrons. The molecule has 3 atom stereocenters. The molecule has 2 nitrogen and oxygen atoms in total. The van der Waals surface area contributed by atoms with Crippen LogP contribution in [0.5, 0.6) is 0 Å². The number of benzene rings is 1. The molecule has 2 aliphatic heterocycles. The molecule has 1 aromatic heterocycles. The molecule has 23 heavy (non-hydrogen) atoms. The summed E-state index contributed by atoms with van der Waals surface area (Å²) in [6.45, 7) is 0.604. The lowest BCUT2D eigenvalue weighted by Crippen LogP contribution is -2.36. The van der Waals surface area contributed by atoms with Crippen LogP contribution < -0.4 is 5.32 Å². The summed E-state index contributed by atoms with van der Waals surface area (Å²) in [4.78, 5) is 0. The first kappa shape index (κ1) is 15.0. The number of rotatable bonds is 1. The first-order valence-electron chi connectivity index (χ1n) is 7.65. The van der Waals surface area contributed by atoms with Gasteiger partial charge in [0.25, 0.3) is 0 Å². The Morgan fingerprint density at radius 2 is 2.09 bits per heavy atom. The van der Waals surface area contributed by atoms with Crippen LogP contribution in [0.15, 0.2) is 35.0 Å². The summed E-state index contributed by atoms with van der Waals surface area (Å²) in [5.74, 6) is 0.161. The van der Waals surface area contributed by atoms with Crippen LogP contribution in [0.25, 0.3) is 0 Å². The van der Waals surface area contributed by atoms with Crippen molar-refractivity contribution >= 4 is 17.0 Å². The number of alkyl halides is 3. The number of anilines is 1. The van der Waals surface area contributed by atoms with E-state index in [2.05, 4.69) is 16.8 Å². The van der Waals surface area contributed by atoms with Gasteiger partial charge in [-0.3, -0.25) is 0 Å². The highest BCUT2D eigenvalue weighted by Crippen LogP contribution is 2.50. The van der Waals surface area contributed by atoms with E-state index in [1.54, 1.807) is 11.3 Å². The molecule has 1 N–H and O–H groups in total. The molecule has 6 heteroatoms. The van der Waals surface area contributed by atoms with Gasteiger partial charge < -0.3 is 10.1 Å². The first-order valence-corrected chi connectivity index (χ1v) is 8.60. The van der Waals surface area contributed by atoms with E-state index in [1.807, 2.05) is 5.38 Å². The van der Waals surface area contributed by atoms with Crippen LogP contribution >= 0.6 is 11.3 Å². The Morgan fingerprint density at radius 1 is 1.22 bits per heavy atom. The van der Waals surface area contributed by atoms with E-state index in [9.17, 15) is 13.2 Å². The zero-order chi connectivity index (χ0) is 16.0. The van der Waals surface area contributed by atoms with E-state index in [1.165, 1.54) is 17.7 Å². The maximum atomic E-state index is 13.0. The SMILES string of the molecule is FC(F)(F)c1ccc2c(c1)[C@@H]1OCCC[C@@H]1[C@@H](c1ccsc1)N2. The van der Waals surface area contributed by atoms with E-state index in [0.717, 1.165) is 24.6 Å². The van der Waals surface area contributed by atoms with Crippen LogP contribution in [0.1, 0.15) is 41.7 Å². The maximum absolute atomic E-state index is 13.0. The number of nitrogens with one attached hydrogen (secondary N) is 1. The Hall–Kier alpha value is -1.53. The Morgan fingerprint density at radius 3 is 2.83 bits per heavy atom. The summed E-state index contributed by atoms with van der Waals surface area (Å²) in [5.41, 5.74) is 1.95. The third-order valence-corrected chi connectivity index (χ3v) is 5.40. The predicted octanol–water partition coefficient (Wildman–Crippen LogP) is 5.40. The molecule has 122 valence electrons. The van der Waals surface area contributed by atoms with Crippen molar-refractivity contribution in [2.24, 2.45) is 5.92 Å². The van der Waals surface area contributed by atoms with Gasteiger partial charge in [0.05, 0.1) is 17.7 Å². The molecule has 0 amide bonds. The molecule has 1 fully saturated rings. The summed E-state index contributed by atoms with van der Waals surface area (Å²) in [6, 6.07) is 6.08. The summed E-state index contributed by atoms with van der Waals surface area (Å²) >= 11 is 1.63. The Kier molecular flexibility index (Phi) is 3.61. The van der Waals surface area contributed by atoms with Crippen molar-refractivity contribution in [2.45, 2.75) is 31.2 Å². The summed E-state index contributed by atoms with van der Waals surface area (Å²) in [5, 5.41) is 7.56. The van der Waals surface area contributed by atoms with Crippen LogP contribution in [0.3, 0.4) is 0 Å². The van der Waals surface area contributed by atoms with Crippen molar-refractivity contribution in [3.63, 3.8) is 0 Å². The van der Waals surface area contributed by atoms with Crippen LogP contribution in [-0.4, -0.2) is 6.61 Å². The molecule has 0 saturated carbocycles. The molecule has 1 aromatic carbocycles. The smallest absolute Gasteiger partial charge is 0.378 e. The van der Waals surface area contributed by atoms with Crippen LogP contribution in [0.2, 0.25) is 0 Å². The fourth-order valence-corrected chi connectivity index (χ4v) is 4.33. The van der Waals surface area contributed by atoms with E-state index in [0.29, 0.717) is 12.2 Å². The van der Waals surface area contributed by atoms with Crippen LogP contribution in [0.4, 0.5) is 18.9 Å². The Balaban J connectivity index is 1.78. The molecule has 0 unspecified atom stereocenters. The monoisotopic (exact) mass is 339 g/mol. The molecule has 0 spiro atoms. The average molecular weight is 339 g/mol. The fraction of sp³-hybridized carbons (Fsp3) is 0.412. The largest absolute Gasteiger partial charge is 0.416 e. The van der Waals surface area contributed by atoms with Gasteiger partial charge in [-0.2, -0.15) is 24.5 Å². The third-order valence-electron chi connectivity index (χ3n) is 4.69. The number of fused-ring (bicyclic) bond motifs is 3. The summed E-state index contributed by atoms with van der Waals surface area (Å²) in [7, 11) is 0. The predicted molar refractivity (Wildman–Crippen MR) is 83.5 cm³/mol. The minimum Gasteiger partial charge on any atom is -0.378 e. The molecule has 4 rings (SSSR count). The van der Waals surface area contributed by atoms with Crippen molar-refractivity contribution in [2.75, 3.05) is 11.9 Å². The van der Waals surface area contributed by atoms with Gasteiger partial charge in [0.2, 0.25) is 0 Å². The van der Waals surface area contributed by atoms with Crippen molar-refractivity contribution < 1.29 is 17.9 Å². The van der Waals surface area contributed by atoms with Crippen molar-refractivity contribution in [3.8, 4) is 0 Å². The van der Waals surface area contributed by atoms with E-state index in [-0.39, 0.29) is 18.1 Å². The van der Waals surface area contributed by atoms with Gasteiger partial charge in [-0.1, -0.05) is 0 Å². The zero-order valence-corrected chi connectivity index (χ0v) is 13.1. The Bertz CT molecular complexity index is 698. The maximum Gasteiger partial charge on any atom is 0.416 e. The van der Waals surface area contributed by atoms with Crippen molar-refractivity contribution in [1.29, 1.82) is 0 Å². The average Bonchev–Trinajstić information content (AvgIpc) is 3.07. The number of ether oxygens (including phenoxy) is 1. The molecule has 0 bridgehead atoms. The summed E-state index contributed by atoms with van der Waals surface area (Å²) < 4.78 is 45.0. The molecule has 1 saturated heterocycles. The Labute approximate surface area is 136 Å². The summed E-state index contributed by atoms with van der Waals surface area (Å²) in [6.07, 6.45) is -2.71. The van der Waals surface area contributed by atoms with Crippen LogP contribution in [-0.2, 0) is 10.9 Å². The van der Waals surface area contributed by atoms with Crippen LogP contribution in [0, 0.1) is 5.92 Å². The second-order valence-corrected chi connectivity index (χ2v) is 6.86. The topological polar surface area (TPSA) is 21.3 Å². The van der Waals surface area contributed by atoms with Gasteiger partial charge in [-0.05, 0) is 53.4 Å². The lowest BCUT2D eigenvalue weighted by Gasteiger charge is -2.43. The molecule has 3 heterocycles. The highest BCUT2D eigenvalue weighted by molar-refractivity contribution is 7.08. The molecule has 0 aliphatic carbocycles. The number of halogens is 3. The normalized spacial score (nSPS) is 27.0. The van der Waals surface area contributed by atoms with Crippen molar-refractivity contribution in [3.05, 3.63) is 51.7 Å². The lowest BCUT2D eigenvalue weighted by atomic mass is 9.78. The highest BCUT2D eigenvalue weighted by atomic mass is 32.1. The van der Waals surface area contributed by atoms with E-state index in [4.69, 9.17) is 4.74 Å². The minimum atomic E-state index is -4.33. The third kappa shape index (κ3) is 2.64. The first-order chi connectivity index (χ1) is 11.0. The second-order valence-electron chi connectivity index (χ2n) is 6.08. The van der Waals surface area contributed by atoms with E-state index >= 15 is 0 Å². The second kappa shape index (κ2) is 5.53. The molecular weight excluding hydrogens is 323 g/mol. The van der Waals surface area contributed by atoms with Crippen molar-refractivity contribution in [1.82, 2.24) is 0 Å². The molecular formula is C17H16F3NOS.